The van der Waals surface area contributed by atoms with E-state index in [-0.39, 0.29) is 12.2 Å². The maximum absolute atomic E-state index is 13.2. The number of ether oxygens (including phenoxy) is 1. The van der Waals surface area contributed by atoms with Gasteiger partial charge in [0.2, 0.25) is 0 Å². The summed E-state index contributed by atoms with van der Waals surface area (Å²) in [4.78, 5) is 27.3. The van der Waals surface area contributed by atoms with Crippen molar-refractivity contribution in [1.29, 1.82) is 0 Å². The Kier molecular flexibility index (Phi) is 18.9. The minimum absolute atomic E-state index is 0.191. The van der Waals surface area contributed by atoms with E-state index >= 15 is 0 Å². The Morgan fingerprint density at radius 2 is 1.65 bits per heavy atom. The number of carboxylic acids is 1. The largest absolute Gasteiger partial charge is 0.497 e. The van der Waals surface area contributed by atoms with E-state index < -0.39 is 27.8 Å². The number of carbonyl (C=O) groups is 2. The van der Waals surface area contributed by atoms with E-state index in [0.29, 0.717) is 10.8 Å². The molecule has 1 saturated heterocycles. The Morgan fingerprint density at radius 3 is 2.17 bits per heavy atom. The van der Waals surface area contributed by atoms with Crippen LogP contribution >= 0.6 is 11.8 Å². The second-order valence-corrected chi connectivity index (χ2v) is 13.8. The van der Waals surface area contributed by atoms with Crippen LogP contribution in [0.5, 0.6) is 5.75 Å². The number of rotatable bonds is 11. The number of carbonyl (C=O) groups excluding carboxylic acids is 1. The fourth-order valence-electron chi connectivity index (χ4n) is 4.76. The standard InChI is InChI=1S/C25H32N2O5S2.C7H8O.C2H6.CH4O/c1-17-6-4-5-7-20(17)22-14-18(15-27-12-10-19(16-27)33-2)8-9-21(22)24(28)26-23(25(29)30)11-13-34(3,31)32;1-8-7-5-3-2-4-6-7;2*1-2/h4-9,14,19,23H,10-13,15-16H2,1-3H3,(H,26,28)(H,29,30);2-6H,1H3;1-2H3;2H,1H3. The zero-order valence-electron chi connectivity index (χ0n) is 28.0. The van der Waals surface area contributed by atoms with Crippen LogP contribution in [0, 0.1) is 6.92 Å². The Labute approximate surface area is 279 Å². The van der Waals surface area contributed by atoms with Gasteiger partial charge in [-0.25, -0.2) is 13.2 Å². The van der Waals surface area contributed by atoms with Crippen LogP contribution in [0.25, 0.3) is 11.1 Å². The van der Waals surface area contributed by atoms with Crippen molar-refractivity contribution in [3.63, 3.8) is 0 Å². The van der Waals surface area contributed by atoms with Gasteiger partial charge in [-0.15, -0.1) is 0 Å². The molecule has 0 aromatic heterocycles. The van der Waals surface area contributed by atoms with Gasteiger partial charge in [0, 0.05) is 37.3 Å². The molecule has 3 N–H and O–H groups in total. The first kappa shape index (κ1) is 40.6. The molecule has 0 spiro atoms. The summed E-state index contributed by atoms with van der Waals surface area (Å²) in [5, 5.41) is 19.7. The maximum Gasteiger partial charge on any atom is 0.326 e. The summed E-state index contributed by atoms with van der Waals surface area (Å²) in [5.41, 5.74) is 4.10. The first-order valence-electron chi connectivity index (χ1n) is 15.2. The number of carboxylic acid groups (broad SMARTS) is 1. The predicted octanol–water partition coefficient (Wildman–Crippen LogP) is 5.55. The number of nitrogens with one attached hydrogen (secondary N) is 1. The van der Waals surface area contributed by atoms with Crippen LogP contribution in [0.2, 0.25) is 0 Å². The highest BCUT2D eigenvalue weighted by Gasteiger charge is 2.25. The summed E-state index contributed by atoms with van der Waals surface area (Å²) in [6.45, 7) is 8.82. The zero-order chi connectivity index (χ0) is 34.7. The van der Waals surface area contributed by atoms with Crippen LogP contribution in [0.3, 0.4) is 0 Å². The number of likely N-dealkylation sites (tertiary alicyclic amines) is 1. The molecule has 1 aliphatic rings. The smallest absolute Gasteiger partial charge is 0.326 e. The number of amides is 1. The fourth-order valence-corrected chi connectivity index (χ4v) is 6.12. The van der Waals surface area contributed by atoms with Crippen molar-refractivity contribution in [2.45, 2.75) is 51.4 Å². The van der Waals surface area contributed by atoms with E-state index in [4.69, 9.17) is 9.84 Å². The zero-order valence-corrected chi connectivity index (χ0v) is 29.7. The number of para-hydroxylation sites is 1. The molecule has 1 amide bonds. The molecule has 1 aliphatic heterocycles. The summed E-state index contributed by atoms with van der Waals surface area (Å²) in [7, 11) is -0.692. The van der Waals surface area contributed by atoms with E-state index in [9.17, 15) is 23.1 Å². The molecular formula is C35H50N2O7S2. The molecule has 254 valence electrons. The molecule has 0 bridgehead atoms. The molecular weight excluding hydrogens is 625 g/mol. The van der Waals surface area contributed by atoms with E-state index in [2.05, 4.69) is 16.5 Å². The summed E-state index contributed by atoms with van der Waals surface area (Å²) in [6.07, 6.45) is 4.16. The number of methoxy groups -OCH3 is 1. The van der Waals surface area contributed by atoms with Gasteiger partial charge in [0.25, 0.3) is 5.91 Å². The molecule has 2 unspecified atom stereocenters. The van der Waals surface area contributed by atoms with Crippen molar-refractivity contribution in [3.8, 4) is 16.9 Å². The first-order chi connectivity index (χ1) is 22.0. The number of aryl methyl sites for hydroxylation is 1. The summed E-state index contributed by atoms with van der Waals surface area (Å²) in [6, 6.07) is 21.8. The molecule has 11 heteroatoms. The number of nitrogens with zero attached hydrogens (tertiary/aromatic N) is 1. The lowest BCUT2D eigenvalue weighted by atomic mass is 9.93. The Hall–Kier alpha value is -3.38. The molecule has 0 radical (unpaired) electrons. The number of sulfone groups is 1. The number of aliphatic carboxylic acids is 1. The number of thioether (sulfide) groups is 1. The maximum atomic E-state index is 13.2. The van der Waals surface area contributed by atoms with Gasteiger partial charge in [-0.1, -0.05) is 62.4 Å². The van der Waals surface area contributed by atoms with Gasteiger partial charge >= 0.3 is 5.97 Å². The summed E-state index contributed by atoms with van der Waals surface area (Å²) >= 11 is 1.89. The summed E-state index contributed by atoms with van der Waals surface area (Å²) in [5.74, 6) is -1.20. The SMILES string of the molecule is CC.CO.COc1ccccc1.CSC1CCN(Cc2ccc(C(=O)NC(CCS(C)(=O)=O)C(=O)O)c(-c3ccccc3C)c2)C1. The normalized spacial score (nSPS) is 14.7. The van der Waals surface area contributed by atoms with Crippen molar-refractivity contribution in [3.05, 3.63) is 89.5 Å². The van der Waals surface area contributed by atoms with Gasteiger partial charge in [0.1, 0.15) is 21.6 Å². The van der Waals surface area contributed by atoms with Gasteiger partial charge in [0.05, 0.1) is 12.9 Å². The molecule has 1 fully saturated rings. The minimum Gasteiger partial charge on any atom is -0.497 e. The van der Waals surface area contributed by atoms with Gasteiger partial charge in [-0.05, 0) is 79.1 Å². The third-order valence-corrected chi connectivity index (χ3v) is 9.12. The van der Waals surface area contributed by atoms with Crippen LogP contribution in [-0.2, 0) is 21.2 Å². The lowest BCUT2D eigenvalue weighted by Gasteiger charge is -2.20. The van der Waals surface area contributed by atoms with Crippen LogP contribution in [0.15, 0.2) is 72.8 Å². The average Bonchev–Trinajstić information content (AvgIpc) is 3.52. The highest BCUT2D eigenvalue weighted by molar-refractivity contribution is 7.99. The minimum atomic E-state index is -3.35. The van der Waals surface area contributed by atoms with Gasteiger partial charge < -0.3 is 20.3 Å². The van der Waals surface area contributed by atoms with E-state index in [0.717, 1.165) is 67.4 Å². The Bertz CT molecular complexity index is 1450. The Morgan fingerprint density at radius 1 is 1.02 bits per heavy atom. The number of benzene rings is 3. The third kappa shape index (κ3) is 13.9. The number of aliphatic hydroxyl groups excluding tert-OH is 1. The molecule has 4 rings (SSSR count). The van der Waals surface area contributed by atoms with Crippen molar-refractivity contribution in [1.82, 2.24) is 10.2 Å². The number of hydrogen-bond acceptors (Lipinski definition) is 8. The van der Waals surface area contributed by atoms with Crippen molar-refractivity contribution < 1.29 is 33.0 Å². The number of aliphatic hydroxyl groups is 1. The van der Waals surface area contributed by atoms with Crippen LogP contribution in [0.1, 0.15) is 48.2 Å². The Balaban J connectivity index is 0.000000749. The predicted molar refractivity (Wildman–Crippen MR) is 190 cm³/mol. The van der Waals surface area contributed by atoms with E-state index in [1.165, 1.54) is 0 Å². The number of hydrogen-bond donors (Lipinski definition) is 3. The van der Waals surface area contributed by atoms with Crippen molar-refractivity contribution in [2.75, 3.05) is 45.6 Å². The van der Waals surface area contributed by atoms with Crippen LogP contribution in [-0.4, -0.2) is 92.3 Å². The molecule has 9 nitrogen and oxygen atoms in total. The lowest BCUT2D eigenvalue weighted by Crippen LogP contribution is -2.42. The monoisotopic (exact) mass is 674 g/mol. The topological polar surface area (TPSA) is 133 Å². The molecule has 0 aliphatic carbocycles. The second kappa shape index (κ2) is 21.4. The third-order valence-electron chi connectivity index (χ3n) is 7.09. The highest BCUT2D eigenvalue weighted by Crippen LogP contribution is 2.30. The molecule has 3 aromatic rings. The molecule has 46 heavy (non-hydrogen) atoms. The van der Waals surface area contributed by atoms with Crippen molar-refractivity contribution >= 4 is 33.5 Å². The molecule has 3 aromatic carbocycles. The van der Waals surface area contributed by atoms with E-state index in [1.807, 2.05) is 99.3 Å². The molecule has 2 atom stereocenters. The van der Waals surface area contributed by atoms with Gasteiger partial charge in [-0.3, -0.25) is 9.69 Å². The van der Waals surface area contributed by atoms with Gasteiger partial charge in [-0.2, -0.15) is 11.8 Å². The van der Waals surface area contributed by atoms with Crippen molar-refractivity contribution in [2.24, 2.45) is 0 Å². The van der Waals surface area contributed by atoms with Crippen LogP contribution in [0.4, 0.5) is 0 Å². The van der Waals surface area contributed by atoms with E-state index in [1.54, 1.807) is 13.2 Å². The average molecular weight is 675 g/mol. The lowest BCUT2D eigenvalue weighted by molar-refractivity contribution is -0.139. The highest BCUT2D eigenvalue weighted by atomic mass is 32.2. The first-order valence-corrected chi connectivity index (χ1v) is 18.5. The summed E-state index contributed by atoms with van der Waals surface area (Å²) < 4.78 is 27.9. The second-order valence-electron chi connectivity index (χ2n) is 10.4. The quantitative estimate of drug-likeness (QED) is 0.240. The fraction of sp³-hybridized carbons (Fsp3) is 0.429. The molecule has 0 saturated carbocycles. The molecule has 1 heterocycles. The van der Waals surface area contributed by atoms with Crippen LogP contribution < -0.4 is 10.1 Å². The van der Waals surface area contributed by atoms with Gasteiger partial charge in [0.15, 0.2) is 0 Å².